The van der Waals surface area contributed by atoms with Crippen molar-refractivity contribution in [2.75, 3.05) is 33.8 Å². The van der Waals surface area contributed by atoms with Crippen molar-refractivity contribution >= 4 is 11.0 Å². The minimum absolute atomic E-state index is 0.0669. The first-order valence-electron chi connectivity index (χ1n) is 10.2. The van der Waals surface area contributed by atoms with E-state index in [-0.39, 0.29) is 29.3 Å². The highest BCUT2D eigenvalue weighted by molar-refractivity contribution is 5.84. The van der Waals surface area contributed by atoms with Crippen molar-refractivity contribution in [3.63, 3.8) is 0 Å². The lowest BCUT2D eigenvalue weighted by molar-refractivity contribution is -0.138. The topological polar surface area (TPSA) is 81.1 Å². The predicted molar refractivity (Wildman–Crippen MR) is 113 cm³/mol. The third-order valence-electron chi connectivity index (χ3n) is 5.55. The molecule has 0 aliphatic carbocycles. The Balaban J connectivity index is 1.68. The average Bonchev–Trinajstić information content (AvgIpc) is 3.11. The van der Waals surface area contributed by atoms with E-state index in [4.69, 9.17) is 4.74 Å². The highest BCUT2D eigenvalue weighted by Gasteiger charge is 2.35. The Kier molecular flexibility index (Phi) is 5.79. The SMILES string of the molecule is CCOc1ccc(-c2cc3[nH]c(CN4CC(N(C)C)C4)nc3c(C#N)n2)cc1C(F)(F)F. The molecule has 168 valence electrons. The lowest BCUT2D eigenvalue weighted by atomic mass is 10.1. The molecule has 2 aromatic heterocycles. The largest absolute Gasteiger partial charge is 0.493 e. The summed E-state index contributed by atoms with van der Waals surface area (Å²) in [6, 6.07) is 7.93. The van der Waals surface area contributed by atoms with Crippen LogP contribution in [0.3, 0.4) is 0 Å². The number of pyridine rings is 1. The molecule has 0 unspecified atom stereocenters. The number of likely N-dealkylation sites (N-methyl/N-ethyl adjacent to an activating group) is 1. The fraction of sp³-hybridized carbons (Fsp3) is 0.409. The van der Waals surface area contributed by atoms with Crippen LogP contribution in [0.4, 0.5) is 13.2 Å². The molecule has 3 heterocycles. The minimum atomic E-state index is -4.58. The van der Waals surface area contributed by atoms with Gasteiger partial charge in [-0.15, -0.1) is 0 Å². The molecule has 3 aromatic rings. The average molecular weight is 444 g/mol. The second-order valence-electron chi connectivity index (χ2n) is 8.00. The zero-order chi connectivity index (χ0) is 23.0. The summed E-state index contributed by atoms with van der Waals surface area (Å²) in [5, 5.41) is 9.57. The molecule has 1 saturated heterocycles. The molecule has 1 fully saturated rings. The molecule has 1 aromatic carbocycles. The van der Waals surface area contributed by atoms with Gasteiger partial charge in [0.1, 0.15) is 23.2 Å². The molecule has 0 radical (unpaired) electrons. The molecule has 10 heteroatoms. The van der Waals surface area contributed by atoms with E-state index < -0.39 is 11.7 Å². The summed E-state index contributed by atoms with van der Waals surface area (Å²) in [5.41, 5.74) is 0.668. The van der Waals surface area contributed by atoms with Gasteiger partial charge in [-0.1, -0.05) is 0 Å². The molecular weight excluding hydrogens is 421 g/mol. The summed E-state index contributed by atoms with van der Waals surface area (Å²) in [4.78, 5) is 16.4. The van der Waals surface area contributed by atoms with Crippen molar-refractivity contribution in [3.05, 3.63) is 41.3 Å². The van der Waals surface area contributed by atoms with Crippen LogP contribution in [-0.4, -0.2) is 64.6 Å². The Bertz CT molecular complexity index is 1170. The molecule has 1 N–H and O–H groups in total. The Hall–Kier alpha value is -3.16. The van der Waals surface area contributed by atoms with Gasteiger partial charge in [0.2, 0.25) is 0 Å². The third kappa shape index (κ3) is 4.26. The molecule has 1 aliphatic heterocycles. The summed E-state index contributed by atoms with van der Waals surface area (Å²) in [7, 11) is 4.08. The van der Waals surface area contributed by atoms with E-state index >= 15 is 0 Å². The Morgan fingerprint density at radius 3 is 2.62 bits per heavy atom. The van der Waals surface area contributed by atoms with E-state index in [1.54, 1.807) is 13.0 Å². The van der Waals surface area contributed by atoms with Crippen molar-refractivity contribution in [1.29, 1.82) is 5.26 Å². The van der Waals surface area contributed by atoms with E-state index in [0.717, 1.165) is 19.2 Å². The minimum Gasteiger partial charge on any atom is -0.493 e. The highest BCUT2D eigenvalue weighted by atomic mass is 19.4. The van der Waals surface area contributed by atoms with E-state index in [1.807, 2.05) is 20.2 Å². The van der Waals surface area contributed by atoms with Gasteiger partial charge in [-0.05, 0) is 45.3 Å². The second-order valence-corrected chi connectivity index (χ2v) is 8.00. The van der Waals surface area contributed by atoms with Crippen molar-refractivity contribution in [1.82, 2.24) is 24.8 Å². The van der Waals surface area contributed by atoms with Crippen LogP contribution in [0.15, 0.2) is 24.3 Å². The van der Waals surface area contributed by atoms with Gasteiger partial charge in [0.05, 0.1) is 29.9 Å². The molecule has 0 saturated carbocycles. The number of H-pyrrole nitrogens is 1. The zero-order valence-electron chi connectivity index (χ0n) is 18.0. The van der Waals surface area contributed by atoms with Gasteiger partial charge in [0.25, 0.3) is 0 Å². The predicted octanol–water partition coefficient (Wildman–Crippen LogP) is 3.66. The highest BCUT2D eigenvalue weighted by Crippen LogP contribution is 2.39. The van der Waals surface area contributed by atoms with Crippen molar-refractivity contribution < 1.29 is 17.9 Å². The number of halogens is 3. The lowest BCUT2D eigenvalue weighted by Crippen LogP contribution is -2.56. The number of imidazole rings is 1. The molecule has 4 rings (SSSR count). The normalized spacial score (nSPS) is 15.2. The summed E-state index contributed by atoms with van der Waals surface area (Å²) in [5.74, 6) is 0.454. The van der Waals surface area contributed by atoms with Gasteiger partial charge in [-0.25, -0.2) is 9.97 Å². The van der Waals surface area contributed by atoms with Crippen LogP contribution in [0.1, 0.15) is 24.0 Å². The van der Waals surface area contributed by atoms with Crippen LogP contribution in [0, 0.1) is 11.3 Å². The maximum Gasteiger partial charge on any atom is 0.419 e. The van der Waals surface area contributed by atoms with Gasteiger partial charge >= 0.3 is 6.18 Å². The number of aromatic nitrogens is 3. The Morgan fingerprint density at radius 1 is 1.25 bits per heavy atom. The van der Waals surface area contributed by atoms with Gasteiger partial charge in [-0.2, -0.15) is 18.4 Å². The Morgan fingerprint density at radius 2 is 2.00 bits per heavy atom. The van der Waals surface area contributed by atoms with Crippen LogP contribution >= 0.6 is 0 Å². The van der Waals surface area contributed by atoms with Crippen molar-refractivity contribution in [3.8, 4) is 23.1 Å². The molecule has 0 bridgehead atoms. The number of aromatic amines is 1. The molecular formula is C22H23F3N6O. The summed E-state index contributed by atoms with van der Waals surface area (Å²) in [6.45, 7) is 4.18. The lowest BCUT2D eigenvalue weighted by Gasteiger charge is -2.42. The number of hydrogen-bond acceptors (Lipinski definition) is 6. The zero-order valence-corrected chi connectivity index (χ0v) is 18.0. The van der Waals surface area contributed by atoms with Gasteiger partial charge in [-0.3, -0.25) is 4.90 Å². The van der Waals surface area contributed by atoms with Crippen LogP contribution in [-0.2, 0) is 12.7 Å². The summed E-state index contributed by atoms with van der Waals surface area (Å²) in [6.07, 6.45) is -4.58. The van der Waals surface area contributed by atoms with Crippen LogP contribution in [0.5, 0.6) is 5.75 Å². The quantitative estimate of drug-likeness (QED) is 0.625. The van der Waals surface area contributed by atoms with Crippen LogP contribution in [0.25, 0.3) is 22.3 Å². The summed E-state index contributed by atoms with van der Waals surface area (Å²) < 4.78 is 45.7. The van der Waals surface area contributed by atoms with E-state index in [9.17, 15) is 18.4 Å². The van der Waals surface area contributed by atoms with Crippen LogP contribution < -0.4 is 4.74 Å². The molecule has 32 heavy (non-hydrogen) atoms. The third-order valence-corrected chi connectivity index (χ3v) is 5.55. The molecule has 1 aliphatic rings. The van der Waals surface area contributed by atoms with E-state index in [0.29, 0.717) is 29.4 Å². The van der Waals surface area contributed by atoms with Gasteiger partial charge in [0.15, 0.2) is 5.69 Å². The van der Waals surface area contributed by atoms with Gasteiger partial charge in [0, 0.05) is 24.7 Å². The van der Waals surface area contributed by atoms with E-state index in [1.165, 1.54) is 12.1 Å². The molecule has 7 nitrogen and oxygen atoms in total. The first-order valence-corrected chi connectivity index (χ1v) is 10.2. The first-order chi connectivity index (χ1) is 15.2. The number of nitriles is 1. The number of rotatable bonds is 6. The fourth-order valence-corrected chi connectivity index (χ4v) is 3.77. The monoisotopic (exact) mass is 444 g/mol. The Labute approximate surface area is 183 Å². The molecule has 0 spiro atoms. The number of hydrogen-bond donors (Lipinski definition) is 1. The number of likely N-dealkylation sites (tertiary alicyclic amines) is 1. The first kappa shape index (κ1) is 22.0. The molecule has 0 amide bonds. The number of benzene rings is 1. The number of alkyl halides is 3. The van der Waals surface area contributed by atoms with Crippen LogP contribution in [0.2, 0.25) is 0 Å². The maximum atomic E-state index is 13.5. The number of nitrogens with one attached hydrogen (secondary N) is 1. The second kappa shape index (κ2) is 8.41. The number of ether oxygens (including phenoxy) is 1. The fourth-order valence-electron chi connectivity index (χ4n) is 3.77. The standard InChI is InChI=1S/C22H23F3N6O/c1-4-32-19-6-5-13(7-15(19)22(23,24)25)16-8-17-21(18(9-26)27-16)29-20(28-17)12-31-10-14(11-31)30(2)3/h5-8,14H,4,10-12H2,1-3H3,(H,28,29). The summed E-state index contributed by atoms with van der Waals surface area (Å²) >= 11 is 0. The van der Waals surface area contributed by atoms with Crippen molar-refractivity contribution in [2.24, 2.45) is 0 Å². The number of fused-ring (bicyclic) bond motifs is 1. The molecule has 0 atom stereocenters. The van der Waals surface area contributed by atoms with Gasteiger partial charge < -0.3 is 14.6 Å². The van der Waals surface area contributed by atoms with E-state index in [2.05, 4.69) is 24.8 Å². The smallest absolute Gasteiger partial charge is 0.419 e. The number of nitrogens with zero attached hydrogens (tertiary/aromatic N) is 5. The van der Waals surface area contributed by atoms with Crippen molar-refractivity contribution in [2.45, 2.75) is 25.7 Å². The maximum absolute atomic E-state index is 13.5.